The van der Waals surface area contributed by atoms with Crippen LogP contribution in [0.5, 0.6) is 11.5 Å². The number of imide groups is 1. The number of nitrogens with two attached hydrogens (primary N) is 1. The lowest BCUT2D eigenvalue weighted by atomic mass is 10.1. The largest absolute Gasteiger partial charge is 0.493 e. The van der Waals surface area contributed by atoms with Crippen LogP contribution in [0.1, 0.15) is 11.1 Å². The van der Waals surface area contributed by atoms with Crippen molar-refractivity contribution in [3.8, 4) is 17.6 Å². The number of hydrogen-bond donors (Lipinski definition) is 2. The number of nitro groups is 1. The summed E-state index contributed by atoms with van der Waals surface area (Å²) >= 11 is 6.25. The summed E-state index contributed by atoms with van der Waals surface area (Å²) < 4.78 is 10.9. The number of nitrogens with one attached hydrogen (secondary N) is 1. The summed E-state index contributed by atoms with van der Waals surface area (Å²) in [5.41, 5.74) is 5.29. The molecule has 0 spiro atoms. The maximum absolute atomic E-state index is 11.8. The summed E-state index contributed by atoms with van der Waals surface area (Å²) in [5, 5.41) is 21.9. The van der Waals surface area contributed by atoms with Crippen molar-refractivity contribution in [1.82, 2.24) is 5.32 Å². The van der Waals surface area contributed by atoms with Gasteiger partial charge in [0, 0.05) is 12.1 Å². The van der Waals surface area contributed by atoms with Crippen LogP contribution in [0.25, 0.3) is 6.08 Å². The minimum Gasteiger partial charge on any atom is -0.493 e. The number of carbonyl (C=O) groups is 2. The molecule has 0 aromatic heterocycles. The number of non-ortho nitro benzene ring substituents is 1. The van der Waals surface area contributed by atoms with E-state index in [1.165, 1.54) is 43.5 Å². The molecule has 0 atom stereocenters. The Bertz CT molecular complexity index is 1080. The second-order valence-electron chi connectivity index (χ2n) is 5.74. The molecule has 0 saturated carbocycles. The summed E-state index contributed by atoms with van der Waals surface area (Å²) in [7, 11) is 1.37. The zero-order valence-electron chi connectivity index (χ0n) is 15.5. The number of carbonyl (C=O) groups excluding carboxylic acids is 2. The van der Waals surface area contributed by atoms with Gasteiger partial charge in [-0.2, -0.15) is 5.26 Å². The number of urea groups is 1. The highest BCUT2D eigenvalue weighted by Gasteiger charge is 2.15. The van der Waals surface area contributed by atoms with Crippen molar-refractivity contribution < 1.29 is 24.0 Å². The van der Waals surface area contributed by atoms with Crippen LogP contribution in [0.3, 0.4) is 0 Å². The molecule has 30 heavy (non-hydrogen) atoms. The molecule has 2 aromatic rings. The fourth-order valence-electron chi connectivity index (χ4n) is 2.37. The van der Waals surface area contributed by atoms with Gasteiger partial charge in [-0.15, -0.1) is 0 Å². The number of hydrogen-bond acceptors (Lipinski definition) is 7. The minimum absolute atomic E-state index is 0.0165. The van der Waals surface area contributed by atoms with Gasteiger partial charge < -0.3 is 15.2 Å². The Labute approximate surface area is 175 Å². The lowest BCUT2D eigenvalue weighted by Gasteiger charge is -2.13. The summed E-state index contributed by atoms with van der Waals surface area (Å²) in [6.45, 7) is -0.0165. The maximum atomic E-state index is 11.8. The number of methoxy groups -OCH3 is 1. The van der Waals surface area contributed by atoms with E-state index in [0.717, 1.165) is 0 Å². The molecule has 3 amide bonds. The second kappa shape index (κ2) is 9.90. The summed E-state index contributed by atoms with van der Waals surface area (Å²) in [5.74, 6) is -0.596. The normalized spacial score (nSPS) is 10.6. The number of ether oxygens (including phenoxy) is 2. The van der Waals surface area contributed by atoms with Gasteiger partial charge >= 0.3 is 6.03 Å². The number of amides is 3. The molecule has 2 rings (SSSR count). The molecule has 3 N–H and O–H groups in total. The van der Waals surface area contributed by atoms with Crippen LogP contribution in [-0.2, 0) is 11.4 Å². The number of nitro benzene ring substituents is 1. The van der Waals surface area contributed by atoms with Crippen LogP contribution in [0.15, 0.2) is 42.0 Å². The zero-order valence-corrected chi connectivity index (χ0v) is 16.3. The Morgan fingerprint density at radius 3 is 2.70 bits per heavy atom. The first kappa shape index (κ1) is 22.2. The van der Waals surface area contributed by atoms with Crippen molar-refractivity contribution in [1.29, 1.82) is 5.26 Å². The Balaban J connectivity index is 2.29. The Morgan fingerprint density at radius 1 is 1.37 bits per heavy atom. The maximum Gasteiger partial charge on any atom is 0.319 e. The van der Waals surface area contributed by atoms with E-state index < -0.39 is 16.9 Å². The zero-order chi connectivity index (χ0) is 22.3. The van der Waals surface area contributed by atoms with E-state index >= 15 is 0 Å². The van der Waals surface area contributed by atoms with Gasteiger partial charge in [-0.05, 0) is 29.3 Å². The average Bonchev–Trinajstić information content (AvgIpc) is 2.70. The molecule has 154 valence electrons. The smallest absolute Gasteiger partial charge is 0.319 e. The van der Waals surface area contributed by atoms with E-state index in [-0.39, 0.29) is 34.4 Å². The topological polar surface area (TPSA) is 158 Å². The van der Waals surface area contributed by atoms with Crippen molar-refractivity contribution in [2.75, 3.05) is 7.11 Å². The van der Waals surface area contributed by atoms with Gasteiger partial charge in [0.1, 0.15) is 18.2 Å². The molecule has 0 unspecified atom stereocenters. The third kappa shape index (κ3) is 5.70. The highest BCUT2D eigenvalue weighted by Crippen LogP contribution is 2.37. The standard InChI is InChI=1S/C19H15ClN4O6/c1-29-16-8-12(5-13(9-21)18(25)23-19(22)26)7-15(20)17(16)30-10-11-3-2-4-14(6-11)24(27)28/h2-8H,10H2,1H3,(H3,22,23,25,26)/b13-5-. The Kier molecular flexibility index (Phi) is 7.32. The molecule has 0 radical (unpaired) electrons. The van der Waals surface area contributed by atoms with Crippen molar-refractivity contribution in [2.24, 2.45) is 5.73 Å². The van der Waals surface area contributed by atoms with E-state index in [0.29, 0.717) is 11.1 Å². The Morgan fingerprint density at radius 2 is 2.10 bits per heavy atom. The molecule has 11 heteroatoms. The third-order valence-corrected chi connectivity index (χ3v) is 3.95. The van der Waals surface area contributed by atoms with Crippen molar-refractivity contribution >= 4 is 35.3 Å². The van der Waals surface area contributed by atoms with Crippen molar-refractivity contribution in [3.05, 3.63) is 68.2 Å². The fraction of sp³-hybridized carbons (Fsp3) is 0.105. The van der Waals surface area contributed by atoms with Crippen LogP contribution in [-0.4, -0.2) is 24.0 Å². The molecule has 0 aliphatic carbocycles. The molecule has 10 nitrogen and oxygen atoms in total. The number of halogens is 1. The van der Waals surface area contributed by atoms with Gasteiger partial charge in [-0.25, -0.2) is 4.79 Å². The average molecular weight is 431 g/mol. The van der Waals surface area contributed by atoms with Gasteiger partial charge in [-0.1, -0.05) is 23.7 Å². The Hall–Kier alpha value is -4.10. The molecule has 0 fully saturated rings. The number of nitriles is 1. The predicted molar refractivity (Wildman–Crippen MR) is 107 cm³/mol. The summed E-state index contributed by atoms with van der Waals surface area (Å²) in [4.78, 5) is 32.9. The first-order chi connectivity index (χ1) is 14.2. The molecule has 2 aromatic carbocycles. The number of primary amides is 1. The first-order valence-electron chi connectivity index (χ1n) is 8.21. The molecule has 0 bridgehead atoms. The molecular weight excluding hydrogens is 416 g/mol. The molecular formula is C19H15ClN4O6. The van der Waals surface area contributed by atoms with E-state index in [1.807, 2.05) is 0 Å². The monoisotopic (exact) mass is 430 g/mol. The number of nitrogens with zero attached hydrogens (tertiary/aromatic N) is 2. The highest BCUT2D eigenvalue weighted by molar-refractivity contribution is 6.32. The SMILES string of the molecule is COc1cc(/C=C(/C#N)C(=O)NC(N)=O)cc(Cl)c1OCc1cccc([N+](=O)[O-])c1. The van der Waals surface area contributed by atoms with Gasteiger partial charge in [0.25, 0.3) is 11.6 Å². The van der Waals surface area contributed by atoms with Gasteiger partial charge in [0.15, 0.2) is 11.5 Å². The van der Waals surface area contributed by atoms with Crippen molar-refractivity contribution in [3.63, 3.8) is 0 Å². The lowest BCUT2D eigenvalue weighted by molar-refractivity contribution is -0.384. The fourth-order valence-corrected chi connectivity index (χ4v) is 2.65. The number of benzene rings is 2. The molecule has 0 aliphatic heterocycles. The van der Waals surface area contributed by atoms with E-state index in [2.05, 4.69) is 0 Å². The summed E-state index contributed by atoms with van der Waals surface area (Å²) in [6, 6.07) is 9.36. The van der Waals surface area contributed by atoms with Gasteiger partial charge in [-0.3, -0.25) is 20.2 Å². The quantitative estimate of drug-likeness (QED) is 0.295. The van der Waals surface area contributed by atoms with Gasteiger partial charge in [0.2, 0.25) is 0 Å². The second-order valence-corrected chi connectivity index (χ2v) is 6.15. The van der Waals surface area contributed by atoms with E-state index in [4.69, 9.17) is 32.1 Å². The minimum atomic E-state index is -1.10. The molecule has 0 aliphatic rings. The summed E-state index contributed by atoms with van der Waals surface area (Å²) in [6.07, 6.45) is 1.19. The van der Waals surface area contributed by atoms with Crippen LogP contribution >= 0.6 is 11.6 Å². The van der Waals surface area contributed by atoms with E-state index in [9.17, 15) is 19.7 Å². The van der Waals surface area contributed by atoms with Crippen LogP contribution in [0.2, 0.25) is 5.02 Å². The first-order valence-corrected chi connectivity index (χ1v) is 8.59. The van der Waals surface area contributed by atoms with Crippen LogP contribution in [0, 0.1) is 21.4 Å². The highest BCUT2D eigenvalue weighted by atomic mass is 35.5. The molecule has 0 saturated heterocycles. The van der Waals surface area contributed by atoms with E-state index in [1.54, 1.807) is 17.5 Å². The number of rotatable bonds is 7. The van der Waals surface area contributed by atoms with Crippen LogP contribution < -0.4 is 20.5 Å². The van der Waals surface area contributed by atoms with Crippen LogP contribution in [0.4, 0.5) is 10.5 Å². The predicted octanol–water partition coefficient (Wildman–Crippen LogP) is 2.94. The van der Waals surface area contributed by atoms with Gasteiger partial charge in [0.05, 0.1) is 17.1 Å². The third-order valence-electron chi connectivity index (χ3n) is 3.67. The lowest BCUT2D eigenvalue weighted by Crippen LogP contribution is -2.35. The molecule has 0 heterocycles. The van der Waals surface area contributed by atoms with Crippen molar-refractivity contribution in [2.45, 2.75) is 6.61 Å².